The number of rotatable bonds is 4. The first kappa shape index (κ1) is 13.1. The Bertz CT molecular complexity index is 581. The Kier molecular flexibility index (Phi) is 3.81. The molecule has 1 unspecified atom stereocenters. The third kappa shape index (κ3) is 3.10. The van der Waals surface area contributed by atoms with Crippen LogP contribution in [0.3, 0.4) is 0 Å². The number of nitriles is 1. The summed E-state index contributed by atoms with van der Waals surface area (Å²) in [5, 5.41) is 12.6. The van der Waals surface area contributed by atoms with Crippen LogP contribution in [0.4, 0.5) is 0 Å². The standard InChI is InChI=1S/C14H15N3O2/c1-9(2)13-16-14(19-17-13)10(3)18-12-6-4-11(8-15)5-7-12/h4-7,9-10H,1-3H3. The Morgan fingerprint density at radius 3 is 2.42 bits per heavy atom. The quantitative estimate of drug-likeness (QED) is 0.841. The van der Waals surface area contributed by atoms with Crippen molar-refractivity contribution in [2.75, 3.05) is 0 Å². The van der Waals surface area contributed by atoms with Crippen molar-refractivity contribution in [3.05, 3.63) is 41.5 Å². The fourth-order valence-corrected chi connectivity index (χ4v) is 1.51. The van der Waals surface area contributed by atoms with Crippen LogP contribution in [0, 0.1) is 11.3 Å². The van der Waals surface area contributed by atoms with Gasteiger partial charge in [0, 0.05) is 5.92 Å². The fourth-order valence-electron chi connectivity index (χ4n) is 1.51. The van der Waals surface area contributed by atoms with Crippen molar-refractivity contribution in [2.45, 2.75) is 32.8 Å². The van der Waals surface area contributed by atoms with E-state index in [1.54, 1.807) is 24.3 Å². The molecule has 5 nitrogen and oxygen atoms in total. The SMILES string of the molecule is CC(C)c1noc(C(C)Oc2ccc(C#N)cc2)n1. The summed E-state index contributed by atoms with van der Waals surface area (Å²) in [5.41, 5.74) is 0.597. The monoisotopic (exact) mass is 257 g/mol. The summed E-state index contributed by atoms with van der Waals surface area (Å²) in [6.45, 7) is 5.84. The van der Waals surface area contributed by atoms with Crippen molar-refractivity contribution in [3.8, 4) is 11.8 Å². The van der Waals surface area contributed by atoms with E-state index < -0.39 is 0 Å². The van der Waals surface area contributed by atoms with Gasteiger partial charge in [0.1, 0.15) is 5.75 Å². The number of aromatic nitrogens is 2. The minimum absolute atomic E-state index is 0.222. The fraction of sp³-hybridized carbons (Fsp3) is 0.357. The van der Waals surface area contributed by atoms with Gasteiger partial charge in [0.15, 0.2) is 11.9 Å². The van der Waals surface area contributed by atoms with E-state index in [1.165, 1.54) is 0 Å². The lowest BCUT2D eigenvalue weighted by Gasteiger charge is -2.10. The predicted octanol–water partition coefficient (Wildman–Crippen LogP) is 3.20. The predicted molar refractivity (Wildman–Crippen MR) is 68.6 cm³/mol. The second kappa shape index (κ2) is 5.53. The van der Waals surface area contributed by atoms with Gasteiger partial charge in [0.25, 0.3) is 5.89 Å². The lowest BCUT2D eigenvalue weighted by molar-refractivity contribution is 0.175. The van der Waals surface area contributed by atoms with Gasteiger partial charge in [-0.3, -0.25) is 0 Å². The Labute approximate surface area is 111 Å². The largest absolute Gasteiger partial charge is 0.481 e. The molecule has 0 aliphatic carbocycles. The molecule has 1 aromatic carbocycles. The summed E-state index contributed by atoms with van der Waals surface area (Å²) in [5.74, 6) is 2.01. The van der Waals surface area contributed by atoms with E-state index >= 15 is 0 Å². The van der Waals surface area contributed by atoms with Crippen LogP contribution in [-0.4, -0.2) is 10.1 Å². The first-order valence-corrected chi connectivity index (χ1v) is 6.10. The highest BCUT2D eigenvalue weighted by Gasteiger charge is 2.17. The van der Waals surface area contributed by atoms with Gasteiger partial charge in [-0.05, 0) is 31.2 Å². The summed E-state index contributed by atoms with van der Waals surface area (Å²) in [4.78, 5) is 4.28. The van der Waals surface area contributed by atoms with Crippen molar-refractivity contribution >= 4 is 0 Å². The molecule has 1 atom stereocenters. The van der Waals surface area contributed by atoms with E-state index in [4.69, 9.17) is 14.5 Å². The van der Waals surface area contributed by atoms with Crippen LogP contribution in [0.15, 0.2) is 28.8 Å². The molecular formula is C14H15N3O2. The van der Waals surface area contributed by atoms with Gasteiger partial charge in [-0.25, -0.2) is 0 Å². The second-order valence-electron chi connectivity index (χ2n) is 4.54. The number of hydrogen-bond acceptors (Lipinski definition) is 5. The van der Waals surface area contributed by atoms with Gasteiger partial charge in [-0.2, -0.15) is 10.2 Å². The zero-order valence-corrected chi connectivity index (χ0v) is 11.1. The number of benzene rings is 1. The van der Waals surface area contributed by atoms with Crippen molar-refractivity contribution in [1.29, 1.82) is 5.26 Å². The van der Waals surface area contributed by atoms with Crippen molar-refractivity contribution in [1.82, 2.24) is 10.1 Å². The van der Waals surface area contributed by atoms with Gasteiger partial charge in [-0.15, -0.1) is 0 Å². The third-order valence-corrected chi connectivity index (χ3v) is 2.62. The van der Waals surface area contributed by atoms with Crippen LogP contribution in [0.5, 0.6) is 5.75 Å². The highest BCUT2D eigenvalue weighted by Crippen LogP contribution is 2.22. The highest BCUT2D eigenvalue weighted by molar-refractivity contribution is 5.34. The summed E-state index contributed by atoms with van der Waals surface area (Å²) >= 11 is 0. The van der Waals surface area contributed by atoms with Crippen LogP contribution in [0.1, 0.15) is 50.1 Å². The summed E-state index contributed by atoms with van der Waals surface area (Å²) < 4.78 is 10.9. The van der Waals surface area contributed by atoms with Crippen LogP contribution in [0.25, 0.3) is 0 Å². The number of ether oxygens (including phenoxy) is 1. The minimum atomic E-state index is -0.326. The lowest BCUT2D eigenvalue weighted by Crippen LogP contribution is -2.04. The molecule has 0 bridgehead atoms. The molecule has 98 valence electrons. The van der Waals surface area contributed by atoms with Crippen molar-refractivity contribution in [2.24, 2.45) is 0 Å². The van der Waals surface area contributed by atoms with Gasteiger partial charge in [-0.1, -0.05) is 19.0 Å². The molecular weight excluding hydrogens is 242 g/mol. The first-order valence-electron chi connectivity index (χ1n) is 6.10. The molecule has 5 heteroatoms. The van der Waals surface area contributed by atoms with E-state index in [2.05, 4.69) is 16.2 Å². The molecule has 1 aromatic heterocycles. The maximum atomic E-state index is 8.72. The molecule has 1 heterocycles. The molecule has 0 saturated heterocycles. The average Bonchev–Trinajstić information content (AvgIpc) is 2.89. The molecule has 2 aromatic rings. The van der Waals surface area contributed by atoms with E-state index in [0.29, 0.717) is 23.0 Å². The topological polar surface area (TPSA) is 71.9 Å². The Morgan fingerprint density at radius 1 is 1.21 bits per heavy atom. The van der Waals surface area contributed by atoms with Crippen LogP contribution in [0.2, 0.25) is 0 Å². The normalized spacial score (nSPS) is 12.2. The molecule has 0 aliphatic rings. The number of nitrogens with zero attached hydrogens (tertiary/aromatic N) is 3. The van der Waals surface area contributed by atoms with Crippen LogP contribution < -0.4 is 4.74 Å². The molecule has 0 radical (unpaired) electrons. The zero-order chi connectivity index (χ0) is 13.8. The molecule has 2 rings (SSSR count). The van der Waals surface area contributed by atoms with Crippen molar-refractivity contribution < 1.29 is 9.26 Å². The molecule has 0 amide bonds. The maximum absolute atomic E-state index is 8.72. The van der Waals surface area contributed by atoms with Gasteiger partial charge >= 0.3 is 0 Å². The van der Waals surface area contributed by atoms with E-state index in [1.807, 2.05) is 20.8 Å². The molecule has 0 fully saturated rings. The molecule has 0 spiro atoms. The smallest absolute Gasteiger partial charge is 0.267 e. The summed E-state index contributed by atoms with van der Waals surface area (Å²) in [6.07, 6.45) is -0.326. The first-order chi connectivity index (χ1) is 9.10. The molecule has 19 heavy (non-hydrogen) atoms. The third-order valence-electron chi connectivity index (χ3n) is 2.62. The molecule has 0 aliphatic heterocycles. The van der Waals surface area contributed by atoms with Crippen molar-refractivity contribution in [3.63, 3.8) is 0 Å². The summed E-state index contributed by atoms with van der Waals surface area (Å²) in [7, 11) is 0. The van der Waals surface area contributed by atoms with E-state index in [-0.39, 0.29) is 12.0 Å². The number of hydrogen-bond donors (Lipinski definition) is 0. The van der Waals surface area contributed by atoms with E-state index in [9.17, 15) is 0 Å². The average molecular weight is 257 g/mol. The van der Waals surface area contributed by atoms with E-state index in [0.717, 1.165) is 0 Å². The van der Waals surface area contributed by atoms with Gasteiger partial charge in [0.05, 0.1) is 11.6 Å². The Hall–Kier alpha value is -2.35. The minimum Gasteiger partial charge on any atom is -0.481 e. The summed E-state index contributed by atoms with van der Waals surface area (Å²) in [6, 6.07) is 8.96. The molecule has 0 N–H and O–H groups in total. The Morgan fingerprint density at radius 2 is 1.89 bits per heavy atom. The second-order valence-corrected chi connectivity index (χ2v) is 4.54. The van der Waals surface area contributed by atoms with Gasteiger partial charge < -0.3 is 9.26 Å². The lowest BCUT2D eigenvalue weighted by atomic mass is 10.2. The van der Waals surface area contributed by atoms with Crippen LogP contribution >= 0.6 is 0 Å². The Balaban J connectivity index is 2.07. The highest BCUT2D eigenvalue weighted by atomic mass is 16.5. The molecule has 0 saturated carbocycles. The zero-order valence-electron chi connectivity index (χ0n) is 11.1. The van der Waals surface area contributed by atoms with Crippen LogP contribution in [-0.2, 0) is 0 Å². The maximum Gasteiger partial charge on any atom is 0.267 e. The van der Waals surface area contributed by atoms with Gasteiger partial charge in [0.2, 0.25) is 0 Å².